The normalized spacial score (nSPS) is 11.1. The molecule has 0 saturated carbocycles. The van der Waals surface area contributed by atoms with E-state index < -0.39 is 0 Å². The predicted octanol–water partition coefficient (Wildman–Crippen LogP) is 0.935. The van der Waals surface area contributed by atoms with Crippen molar-refractivity contribution in [3.05, 3.63) is 35.9 Å². The molecule has 0 unspecified atom stereocenters. The first-order valence-electron chi connectivity index (χ1n) is 12.4. The van der Waals surface area contributed by atoms with Crippen LogP contribution in [0.1, 0.15) is 10.4 Å². The van der Waals surface area contributed by atoms with Crippen LogP contribution in [0.4, 0.5) is 0 Å². The molecule has 36 heavy (non-hydrogen) atoms. The van der Waals surface area contributed by atoms with Crippen LogP contribution >= 0.6 is 0 Å². The number of rotatable bonds is 27. The SMILES string of the molecule is NCCOCCOCCOCCOCCOCCOCCOCCOCCOC(=O)c1ccccc1. The van der Waals surface area contributed by atoms with Gasteiger partial charge in [0, 0.05) is 6.54 Å². The van der Waals surface area contributed by atoms with E-state index in [2.05, 4.69) is 0 Å². The Hall–Kier alpha value is -1.67. The molecular formula is C25H43NO10. The second kappa shape index (κ2) is 26.4. The van der Waals surface area contributed by atoms with Crippen LogP contribution in [0.5, 0.6) is 0 Å². The Morgan fingerprint density at radius 2 is 0.778 bits per heavy atom. The van der Waals surface area contributed by atoms with Gasteiger partial charge in [0.05, 0.1) is 111 Å². The molecule has 1 rings (SSSR count). The van der Waals surface area contributed by atoms with Crippen molar-refractivity contribution < 1.29 is 47.4 Å². The molecule has 0 spiro atoms. The Labute approximate surface area is 214 Å². The molecule has 0 saturated heterocycles. The van der Waals surface area contributed by atoms with E-state index in [0.29, 0.717) is 118 Å². The second-order valence-corrected chi connectivity index (χ2v) is 7.19. The van der Waals surface area contributed by atoms with E-state index >= 15 is 0 Å². The van der Waals surface area contributed by atoms with E-state index in [0.717, 1.165) is 0 Å². The Kier molecular flexibility index (Phi) is 23.7. The number of esters is 1. The van der Waals surface area contributed by atoms with E-state index in [9.17, 15) is 4.79 Å². The smallest absolute Gasteiger partial charge is 0.338 e. The lowest BCUT2D eigenvalue weighted by Crippen LogP contribution is -2.15. The largest absolute Gasteiger partial charge is 0.460 e. The first-order chi connectivity index (χ1) is 17.8. The number of hydrogen-bond donors (Lipinski definition) is 1. The summed E-state index contributed by atoms with van der Waals surface area (Å²) in [5.74, 6) is -0.354. The standard InChI is InChI=1S/C25H43NO10/c26-6-7-28-8-9-29-10-11-30-12-13-31-14-15-32-16-17-33-18-19-34-20-21-35-22-23-36-25(27)24-4-2-1-3-5-24/h1-5H,6-23,26H2. The number of ether oxygens (including phenoxy) is 9. The van der Waals surface area contributed by atoms with E-state index in [1.54, 1.807) is 24.3 Å². The lowest BCUT2D eigenvalue weighted by Gasteiger charge is -2.09. The van der Waals surface area contributed by atoms with Gasteiger partial charge in [-0.15, -0.1) is 0 Å². The number of hydrogen-bond acceptors (Lipinski definition) is 11. The zero-order valence-electron chi connectivity index (χ0n) is 21.3. The van der Waals surface area contributed by atoms with Gasteiger partial charge in [-0.3, -0.25) is 0 Å². The molecule has 208 valence electrons. The van der Waals surface area contributed by atoms with Gasteiger partial charge < -0.3 is 48.4 Å². The highest BCUT2D eigenvalue weighted by Crippen LogP contribution is 2.00. The van der Waals surface area contributed by atoms with Crippen LogP contribution in [0.2, 0.25) is 0 Å². The zero-order valence-corrected chi connectivity index (χ0v) is 21.3. The Morgan fingerprint density at radius 1 is 0.472 bits per heavy atom. The molecule has 0 bridgehead atoms. The third kappa shape index (κ3) is 21.6. The van der Waals surface area contributed by atoms with Gasteiger partial charge >= 0.3 is 5.97 Å². The summed E-state index contributed by atoms with van der Waals surface area (Å²) in [5, 5.41) is 0. The molecule has 11 nitrogen and oxygen atoms in total. The number of nitrogens with two attached hydrogens (primary N) is 1. The number of carbonyl (C=O) groups is 1. The first kappa shape index (κ1) is 32.4. The molecule has 2 N–H and O–H groups in total. The van der Waals surface area contributed by atoms with E-state index in [4.69, 9.17) is 48.4 Å². The maximum absolute atomic E-state index is 11.7. The van der Waals surface area contributed by atoms with Crippen molar-refractivity contribution in [2.45, 2.75) is 0 Å². The van der Waals surface area contributed by atoms with Gasteiger partial charge in [-0.1, -0.05) is 18.2 Å². The maximum Gasteiger partial charge on any atom is 0.338 e. The molecule has 11 heteroatoms. The lowest BCUT2D eigenvalue weighted by atomic mass is 10.2. The number of carbonyl (C=O) groups excluding carboxylic acids is 1. The molecule has 0 aliphatic heterocycles. The molecular weight excluding hydrogens is 474 g/mol. The fourth-order valence-corrected chi connectivity index (χ4v) is 2.58. The van der Waals surface area contributed by atoms with Gasteiger partial charge in [-0.05, 0) is 12.1 Å². The molecule has 0 aromatic heterocycles. The van der Waals surface area contributed by atoms with Crippen molar-refractivity contribution in [1.82, 2.24) is 0 Å². The highest BCUT2D eigenvalue weighted by Gasteiger charge is 2.05. The minimum absolute atomic E-state index is 0.206. The molecule has 0 atom stereocenters. The molecule has 0 aliphatic rings. The Balaban J connectivity index is 1.67. The van der Waals surface area contributed by atoms with Crippen molar-refractivity contribution in [2.24, 2.45) is 5.73 Å². The first-order valence-corrected chi connectivity index (χ1v) is 12.4. The summed E-state index contributed by atoms with van der Waals surface area (Å²) < 4.78 is 48.1. The van der Waals surface area contributed by atoms with Gasteiger partial charge in [0.25, 0.3) is 0 Å². The third-order valence-corrected chi connectivity index (χ3v) is 4.34. The van der Waals surface area contributed by atoms with Crippen LogP contribution in [-0.2, 0) is 42.6 Å². The van der Waals surface area contributed by atoms with Crippen molar-refractivity contribution in [1.29, 1.82) is 0 Å². The zero-order chi connectivity index (χ0) is 25.8. The van der Waals surface area contributed by atoms with Gasteiger partial charge in [0.1, 0.15) is 6.61 Å². The second-order valence-electron chi connectivity index (χ2n) is 7.19. The van der Waals surface area contributed by atoms with Crippen LogP contribution in [0.15, 0.2) is 30.3 Å². The lowest BCUT2D eigenvalue weighted by molar-refractivity contribution is -0.0242. The summed E-state index contributed by atoms with van der Waals surface area (Å²) in [6.07, 6.45) is 0. The summed E-state index contributed by atoms with van der Waals surface area (Å²) in [5.41, 5.74) is 5.84. The van der Waals surface area contributed by atoms with Crippen LogP contribution < -0.4 is 5.73 Å². The van der Waals surface area contributed by atoms with E-state index in [-0.39, 0.29) is 12.6 Å². The van der Waals surface area contributed by atoms with Crippen LogP contribution in [-0.4, -0.2) is 125 Å². The molecule has 0 amide bonds. The minimum Gasteiger partial charge on any atom is -0.460 e. The molecule has 0 aliphatic carbocycles. The van der Waals surface area contributed by atoms with Gasteiger partial charge in [-0.25, -0.2) is 4.79 Å². The molecule has 1 aromatic rings. The molecule has 0 heterocycles. The fourth-order valence-electron chi connectivity index (χ4n) is 2.58. The summed E-state index contributed by atoms with van der Waals surface area (Å²) in [7, 11) is 0. The summed E-state index contributed by atoms with van der Waals surface area (Å²) in [6, 6.07) is 8.85. The summed E-state index contributed by atoms with van der Waals surface area (Å²) in [6.45, 7) is 8.62. The van der Waals surface area contributed by atoms with Gasteiger partial charge in [0.15, 0.2) is 0 Å². The van der Waals surface area contributed by atoms with Crippen molar-refractivity contribution in [3.8, 4) is 0 Å². The molecule has 0 fully saturated rings. The van der Waals surface area contributed by atoms with Crippen molar-refractivity contribution >= 4 is 5.97 Å². The Bertz CT molecular complexity index is 593. The average Bonchev–Trinajstić information content (AvgIpc) is 2.91. The number of benzene rings is 1. The monoisotopic (exact) mass is 517 g/mol. The highest BCUT2D eigenvalue weighted by molar-refractivity contribution is 5.89. The quantitative estimate of drug-likeness (QED) is 0.132. The average molecular weight is 518 g/mol. The molecule has 0 radical (unpaired) electrons. The van der Waals surface area contributed by atoms with Gasteiger partial charge in [-0.2, -0.15) is 0 Å². The summed E-state index contributed by atoms with van der Waals surface area (Å²) >= 11 is 0. The minimum atomic E-state index is -0.354. The van der Waals surface area contributed by atoms with E-state index in [1.807, 2.05) is 6.07 Å². The topological polar surface area (TPSA) is 126 Å². The van der Waals surface area contributed by atoms with Crippen LogP contribution in [0, 0.1) is 0 Å². The van der Waals surface area contributed by atoms with Crippen molar-refractivity contribution in [3.63, 3.8) is 0 Å². The van der Waals surface area contributed by atoms with Crippen molar-refractivity contribution in [2.75, 3.05) is 119 Å². The summed E-state index contributed by atoms with van der Waals surface area (Å²) in [4.78, 5) is 11.7. The van der Waals surface area contributed by atoms with Gasteiger partial charge in [0.2, 0.25) is 0 Å². The maximum atomic E-state index is 11.7. The Morgan fingerprint density at radius 3 is 1.11 bits per heavy atom. The molecule has 1 aromatic carbocycles. The van der Waals surface area contributed by atoms with Crippen LogP contribution in [0.25, 0.3) is 0 Å². The van der Waals surface area contributed by atoms with Crippen LogP contribution in [0.3, 0.4) is 0 Å². The predicted molar refractivity (Wildman–Crippen MR) is 132 cm³/mol. The fraction of sp³-hybridized carbons (Fsp3) is 0.720. The highest BCUT2D eigenvalue weighted by atomic mass is 16.6. The third-order valence-electron chi connectivity index (χ3n) is 4.34. The van der Waals surface area contributed by atoms with E-state index in [1.165, 1.54) is 0 Å².